The molecule has 0 spiro atoms. The van der Waals surface area contributed by atoms with E-state index < -0.39 is 0 Å². The average molecular weight is 490 g/mol. The molecule has 0 aliphatic rings. The Hall–Kier alpha value is -3.84. The van der Waals surface area contributed by atoms with Gasteiger partial charge in [0.2, 0.25) is 5.91 Å². The SMILES string of the molecule is COc1ccc(OC)c(-c2coc3cc(OC)c(/C(C)=C/C(=O)Nc4ccccc4SC)cc23)c1. The minimum Gasteiger partial charge on any atom is -0.497 e. The summed E-state index contributed by atoms with van der Waals surface area (Å²) in [5.41, 5.74) is 4.68. The van der Waals surface area contributed by atoms with Gasteiger partial charge in [0.15, 0.2) is 0 Å². The predicted octanol–water partition coefficient (Wildman–Crippen LogP) is 6.89. The number of amides is 1. The molecule has 0 fully saturated rings. The molecule has 35 heavy (non-hydrogen) atoms. The summed E-state index contributed by atoms with van der Waals surface area (Å²) in [7, 11) is 4.85. The standard InChI is InChI=1S/C28H27NO5S/c1-17(12-28(30)29-23-8-6-7-9-27(23)35-5)19-14-21-22(16-34-26(21)15-25(19)33-4)20-13-18(31-2)10-11-24(20)32-3/h6-16H,1-5H3,(H,29,30)/b17-12+. The van der Waals surface area contributed by atoms with Crippen LogP contribution in [-0.2, 0) is 4.79 Å². The van der Waals surface area contributed by atoms with Crippen molar-refractivity contribution < 1.29 is 23.4 Å². The van der Waals surface area contributed by atoms with Crippen molar-refractivity contribution in [3.63, 3.8) is 0 Å². The van der Waals surface area contributed by atoms with Gasteiger partial charge in [0.05, 0.1) is 33.3 Å². The zero-order valence-corrected chi connectivity index (χ0v) is 21.1. The molecule has 180 valence electrons. The molecular weight excluding hydrogens is 462 g/mol. The number of fused-ring (bicyclic) bond motifs is 1. The minimum absolute atomic E-state index is 0.215. The topological polar surface area (TPSA) is 69.9 Å². The van der Waals surface area contributed by atoms with Gasteiger partial charge in [0.1, 0.15) is 22.8 Å². The number of furan rings is 1. The maximum absolute atomic E-state index is 12.8. The van der Waals surface area contributed by atoms with Crippen molar-refractivity contribution in [3.8, 4) is 28.4 Å². The van der Waals surface area contributed by atoms with Crippen molar-refractivity contribution in [2.24, 2.45) is 0 Å². The Kier molecular flexibility index (Phi) is 7.36. The fraction of sp³-hybridized carbons (Fsp3) is 0.179. The highest BCUT2D eigenvalue weighted by molar-refractivity contribution is 7.98. The van der Waals surface area contributed by atoms with Crippen LogP contribution in [0.25, 0.3) is 27.7 Å². The summed E-state index contributed by atoms with van der Waals surface area (Å²) in [6.45, 7) is 1.88. The van der Waals surface area contributed by atoms with Gasteiger partial charge in [-0.05, 0) is 55.2 Å². The van der Waals surface area contributed by atoms with Gasteiger partial charge in [0.25, 0.3) is 0 Å². The lowest BCUT2D eigenvalue weighted by Gasteiger charge is -2.12. The molecular formula is C28H27NO5S. The van der Waals surface area contributed by atoms with Crippen LogP contribution in [-0.4, -0.2) is 33.5 Å². The zero-order valence-electron chi connectivity index (χ0n) is 20.3. The van der Waals surface area contributed by atoms with E-state index >= 15 is 0 Å². The highest BCUT2D eigenvalue weighted by Crippen LogP contribution is 2.41. The fourth-order valence-electron chi connectivity index (χ4n) is 3.96. The summed E-state index contributed by atoms with van der Waals surface area (Å²) in [6.07, 6.45) is 5.24. The van der Waals surface area contributed by atoms with Crippen molar-refractivity contribution in [2.75, 3.05) is 32.9 Å². The summed E-state index contributed by atoms with van der Waals surface area (Å²) in [5.74, 6) is 1.81. The van der Waals surface area contributed by atoms with E-state index in [1.54, 1.807) is 45.4 Å². The van der Waals surface area contributed by atoms with Crippen LogP contribution in [0.15, 0.2) is 76.2 Å². The fourth-order valence-corrected chi connectivity index (χ4v) is 4.51. The van der Waals surface area contributed by atoms with Crippen LogP contribution in [0.5, 0.6) is 17.2 Å². The Morgan fingerprint density at radius 3 is 2.43 bits per heavy atom. The molecule has 4 aromatic rings. The Labute approximate surface area is 208 Å². The summed E-state index contributed by atoms with van der Waals surface area (Å²) < 4.78 is 22.5. The van der Waals surface area contributed by atoms with Crippen molar-refractivity contribution in [3.05, 3.63) is 72.5 Å². The normalized spacial score (nSPS) is 11.4. The largest absolute Gasteiger partial charge is 0.497 e. The molecule has 7 heteroatoms. The van der Waals surface area contributed by atoms with Crippen LogP contribution in [0.3, 0.4) is 0 Å². The number of anilines is 1. The van der Waals surface area contributed by atoms with Crippen LogP contribution in [0.2, 0.25) is 0 Å². The summed E-state index contributed by atoms with van der Waals surface area (Å²) in [5, 5.41) is 3.84. The van der Waals surface area contributed by atoms with Crippen molar-refractivity contribution in [1.29, 1.82) is 0 Å². The number of thioether (sulfide) groups is 1. The number of para-hydroxylation sites is 1. The van der Waals surface area contributed by atoms with Gasteiger partial charge < -0.3 is 23.9 Å². The lowest BCUT2D eigenvalue weighted by molar-refractivity contribution is -0.111. The Morgan fingerprint density at radius 2 is 1.71 bits per heavy atom. The van der Waals surface area contributed by atoms with Crippen LogP contribution < -0.4 is 19.5 Å². The number of benzene rings is 3. The number of hydrogen-bond donors (Lipinski definition) is 1. The minimum atomic E-state index is -0.215. The molecule has 0 atom stereocenters. The molecule has 1 amide bonds. The summed E-state index contributed by atoms with van der Waals surface area (Å²) >= 11 is 1.58. The van der Waals surface area contributed by atoms with E-state index in [1.165, 1.54) is 0 Å². The van der Waals surface area contributed by atoms with Gasteiger partial charge in [-0.25, -0.2) is 0 Å². The van der Waals surface area contributed by atoms with Gasteiger partial charge in [-0.1, -0.05) is 12.1 Å². The van der Waals surface area contributed by atoms with Crippen LogP contribution >= 0.6 is 11.8 Å². The van der Waals surface area contributed by atoms with Crippen molar-refractivity contribution >= 4 is 39.9 Å². The van der Waals surface area contributed by atoms with E-state index in [1.807, 2.05) is 67.8 Å². The summed E-state index contributed by atoms with van der Waals surface area (Å²) in [4.78, 5) is 13.8. The Balaban J connectivity index is 1.76. The molecule has 0 saturated heterocycles. The molecule has 4 rings (SSSR count). The second kappa shape index (κ2) is 10.6. The number of carbonyl (C=O) groups excluding carboxylic acids is 1. The molecule has 3 aromatic carbocycles. The third-order valence-electron chi connectivity index (χ3n) is 5.73. The first-order chi connectivity index (χ1) is 17.0. The molecule has 0 aliphatic carbocycles. The van der Waals surface area contributed by atoms with E-state index in [0.29, 0.717) is 22.8 Å². The molecule has 1 heterocycles. The maximum atomic E-state index is 12.8. The first-order valence-corrected chi connectivity index (χ1v) is 12.2. The third kappa shape index (κ3) is 5.00. The van der Waals surface area contributed by atoms with Crippen LogP contribution in [0.4, 0.5) is 5.69 Å². The highest BCUT2D eigenvalue weighted by atomic mass is 32.2. The van der Waals surface area contributed by atoms with Gasteiger partial charge in [-0.15, -0.1) is 11.8 Å². The molecule has 1 N–H and O–H groups in total. The lowest BCUT2D eigenvalue weighted by atomic mass is 9.98. The third-order valence-corrected chi connectivity index (χ3v) is 6.53. The first kappa shape index (κ1) is 24.3. The predicted molar refractivity (Wildman–Crippen MR) is 142 cm³/mol. The first-order valence-electron chi connectivity index (χ1n) is 10.9. The number of nitrogens with one attached hydrogen (secondary N) is 1. The van der Waals surface area contributed by atoms with E-state index in [4.69, 9.17) is 18.6 Å². The van der Waals surface area contributed by atoms with E-state index in [9.17, 15) is 4.79 Å². The van der Waals surface area contributed by atoms with E-state index in [0.717, 1.165) is 38.2 Å². The van der Waals surface area contributed by atoms with Gasteiger partial charge >= 0.3 is 0 Å². The zero-order chi connectivity index (χ0) is 24.9. The second-order valence-corrected chi connectivity index (χ2v) is 8.63. The monoisotopic (exact) mass is 489 g/mol. The number of methoxy groups -OCH3 is 3. The molecule has 1 aromatic heterocycles. The lowest BCUT2D eigenvalue weighted by Crippen LogP contribution is -2.09. The average Bonchev–Trinajstić information content (AvgIpc) is 3.30. The molecule has 0 saturated carbocycles. The molecule has 0 aliphatic heterocycles. The Morgan fingerprint density at radius 1 is 0.943 bits per heavy atom. The van der Waals surface area contributed by atoms with Crippen LogP contribution in [0, 0.1) is 0 Å². The van der Waals surface area contributed by atoms with Gasteiger partial charge in [0, 0.05) is 39.1 Å². The Bertz CT molecular complexity index is 1410. The smallest absolute Gasteiger partial charge is 0.248 e. The molecule has 0 bridgehead atoms. The summed E-state index contributed by atoms with van der Waals surface area (Å²) in [6, 6.07) is 17.1. The van der Waals surface area contributed by atoms with E-state index in [2.05, 4.69) is 5.32 Å². The quantitative estimate of drug-likeness (QED) is 0.215. The van der Waals surface area contributed by atoms with E-state index in [-0.39, 0.29) is 5.91 Å². The second-order valence-electron chi connectivity index (χ2n) is 7.78. The number of rotatable bonds is 8. The molecule has 0 unspecified atom stereocenters. The number of ether oxygens (including phenoxy) is 3. The van der Waals surface area contributed by atoms with Crippen LogP contribution in [0.1, 0.15) is 12.5 Å². The molecule has 0 radical (unpaired) electrons. The van der Waals surface area contributed by atoms with Crippen molar-refractivity contribution in [1.82, 2.24) is 0 Å². The maximum Gasteiger partial charge on any atom is 0.248 e. The molecule has 6 nitrogen and oxygen atoms in total. The van der Waals surface area contributed by atoms with Gasteiger partial charge in [-0.2, -0.15) is 0 Å². The number of hydrogen-bond acceptors (Lipinski definition) is 6. The number of carbonyl (C=O) groups is 1. The van der Waals surface area contributed by atoms with Gasteiger partial charge in [-0.3, -0.25) is 4.79 Å². The highest BCUT2D eigenvalue weighted by Gasteiger charge is 2.18. The number of allylic oxidation sites excluding steroid dienone is 1. The van der Waals surface area contributed by atoms with Crippen molar-refractivity contribution in [2.45, 2.75) is 11.8 Å².